The van der Waals surface area contributed by atoms with E-state index in [1.54, 1.807) is 24.4 Å². The zero-order valence-corrected chi connectivity index (χ0v) is 33.4. The highest BCUT2D eigenvalue weighted by Crippen LogP contribution is 2.37. The fraction of sp³-hybridized carbons (Fsp3) is 0.422. The van der Waals surface area contributed by atoms with Crippen molar-refractivity contribution in [2.45, 2.75) is 69.8 Å². The first-order valence-corrected chi connectivity index (χ1v) is 20.8. The van der Waals surface area contributed by atoms with Gasteiger partial charge in [-0.05, 0) is 72.6 Å². The molecular formula is C45H50F3N7O5. The van der Waals surface area contributed by atoms with Crippen molar-refractivity contribution < 1.29 is 37.3 Å². The van der Waals surface area contributed by atoms with Gasteiger partial charge in [-0.3, -0.25) is 24.7 Å². The molecule has 3 N–H and O–H groups in total. The van der Waals surface area contributed by atoms with E-state index in [0.29, 0.717) is 54.3 Å². The third-order valence-electron chi connectivity index (χ3n) is 11.6. The summed E-state index contributed by atoms with van der Waals surface area (Å²) < 4.78 is 52.6. The number of ether oxygens (including phenoxy) is 2. The molecule has 3 aliphatic rings. The highest BCUT2D eigenvalue weighted by Gasteiger charge is 2.28. The van der Waals surface area contributed by atoms with Crippen LogP contribution in [0.3, 0.4) is 0 Å². The molecule has 0 atom stereocenters. The van der Waals surface area contributed by atoms with Crippen LogP contribution < -0.4 is 15.4 Å². The van der Waals surface area contributed by atoms with Crippen molar-refractivity contribution in [3.63, 3.8) is 0 Å². The molecule has 2 aromatic heterocycles. The van der Waals surface area contributed by atoms with Crippen molar-refractivity contribution >= 4 is 28.8 Å². The number of piperazine rings is 1. The van der Waals surface area contributed by atoms with Gasteiger partial charge >= 0.3 is 6.18 Å². The van der Waals surface area contributed by atoms with Crippen molar-refractivity contribution in [3.8, 4) is 22.6 Å². The Morgan fingerprint density at radius 3 is 2.45 bits per heavy atom. The molecule has 5 aromatic rings. The second kappa shape index (κ2) is 18.5. The van der Waals surface area contributed by atoms with E-state index in [-0.39, 0.29) is 37.0 Å². The predicted octanol–water partition coefficient (Wildman–Crippen LogP) is 6.92. The molecule has 1 aliphatic carbocycles. The summed E-state index contributed by atoms with van der Waals surface area (Å²) in [5.41, 5.74) is 6.01. The second-order valence-electron chi connectivity index (χ2n) is 15.9. The van der Waals surface area contributed by atoms with Crippen LogP contribution in [-0.4, -0.2) is 106 Å². The van der Waals surface area contributed by atoms with Crippen LogP contribution in [0.4, 0.5) is 19.1 Å². The average molecular weight is 826 g/mol. The number of hydrogen-bond donors (Lipinski definition) is 3. The van der Waals surface area contributed by atoms with E-state index in [9.17, 15) is 27.9 Å². The molecule has 4 heterocycles. The summed E-state index contributed by atoms with van der Waals surface area (Å²) in [5.74, 6) is 0.458. The summed E-state index contributed by atoms with van der Waals surface area (Å²) >= 11 is 0. The van der Waals surface area contributed by atoms with Gasteiger partial charge in [0.05, 0.1) is 37.7 Å². The van der Waals surface area contributed by atoms with E-state index < -0.39 is 18.5 Å². The summed E-state index contributed by atoms with van der Waals surface area (Å²) in [5, 5.41) is 16.1. The van der Waals surface area contributed by atoms with Gasteiger partial charge in [-0.1, -0.05) is 48.5 Å². The normalized spacial score (nSPS) is 19.0. The number of alkyl halides is 3. The number of aromatic nitrogens is 3. The molecule has 15 heteroatoms. The summed E-state index contributed by atoms with van der Waals surface area (Å²) in [4.78, 5) is 38.2. The standard InChI is InChI=1S/C45H50F3N7O5/c46-45(47,48)16-17-49-44-50-27-37-38(29-55(42(37)52-44)34-11-13-35(56)14-12-34)32-9-7-31(8-10-32)28-54-20-18-53(19-21-54)22-24-59-23-15-30-3-1-5-36(25-30)60-39-6-2-4-33-26-40(57)51-43(58)41(33)39/h1-10,25,27,29,34-35,56H,11-24,26,28H2,(H,49,50,52)(H,51,57,58). The number of nitrogens with one attached hydrogen (secondary N) is 2. The molecule has 8 rings (SSSR count). The first-order valence-electron chi connectivity index (χ1n) is 20.8. The Morgan fingerprint density at radius 1 is 0.900 bits per heavy atom. The van der Waals surface area contributed by atoms with Gasteiger partial charge in [-0.2, -0.15) is 18.2 Å². The number of anilines is 1. The smallest absolute Gasteiger partial charge is 0.390 e. The summed E-state index contributed by atoms with van der Waals surface area (Å²) in [6.45, 7) is 6.45. The Kier molecular flexibility index (Phi) is 12.8. The van der Waals surface area contributed by atoms with Gasteiger partial charge in [0, 0.05) is 75.2 Å². The van der Waals surface area contributed by atoms with Crippen LogP contribution in [0.25, 0.3) is 22.2 Å². The molecule has 60 heavy (non-hydrogen) atoms. The highest BCUT2D eigenvalue weighted by atomic mass is 19.4. The molecule has 2 fully saturated rings. The molecule has 1 saturated carbocycles. The lowest BCUT2D eigenvalue weighted by Gasteiger charge is -2.34. The van der Waals surface area contributed by atoms with Gasteiger partial charge in [-0.25, -0.2) is 4.98 Å². The Hall–Kier alpha value is -5.35. The number of imide groups is 1. The number of fused-ring (bicyclic) bond motifs is 2. The number of nitrogens with zero attached hydrogens (tertiary/aromatic N) is 5. The first kappa shape index (κ1) is 41.4. The minimum absolute atomic E-state index is 0.131. The van der Waals surface area contributed by atoms with Gasteiger partial charge in [-0.15, -0.1) is 0 Å². The van der Waals surface area contributed by atoms with Crippen molar-refractivity contribution in [2.75, 3.05) is 57.8 Å². The van der Waals surface area contributed by atoms with Crippen molar-refractivity contribution in [1.82, 2.24) is 29.7 Å². The zero-order valence-electron chi connectivity index (χ0n) is 33.4. The van der Waals surface area contributed by atoms with E-state index >= 15 is 0 Å². The maximum absolute atomic E-state index is 12.8. The largest absolute Gasteiger partial charge is 0.457 e. The average Bonchev–Trinajstić information content (AvgIpc) is 3.60. The minimum Gasteiger partial charge on any atom is -0.457 e. The molecule has 3 aromatic carbocycles. The molecule has 12 nitrogen and oxygen atoms in total. The number of amides is 2. The fourth-order valence-electron chi connectivity index (χ4n) is 8.34. The number of carbonyl (C=O) groups excluding carboxylic acids is 2. The van der Waals surface area contributed by atoms with Crippen LogP contribution in [0.5, 0.6) is 11.5 Å². The Balaban J connectivity index is 0.795. The number of benzene rings is 3. The van der Waals surface area contributed by atoms with Crippen LogP contribution in [0.1, 0.15) is 65.2 Å². The molecule has 1 saturated heterocycles. The molecule has 0 bridgehead atoms. The lowest BCUT2D eigenvalue weighted by Crippen LogP contribution is -2.46. The van der Waals surface area contributed by atoms with Crippen molar-refractivity contribution in [2.24, 2.45) is 0 Å². The maximum atomic E-state index is 12.8. The summed E-state index contributed by atoms with van der Waals surface area (Å²) in [7, 11) is 0. The van der Waals surface area contributed by atoms with E-state index in [0.717, 1.165) is 80.6 Å². The van der Waals surface area contributed by atoms with E-state index in [1.165, 1.54) is 5.56 Å². The number of carbonyl (C=O) groups is 2. The lowest BCUT2D eigenvalue weighted by molar-refractivity contribution is -0.131. The molecule has 0 radical (unpaired) electrons. The van der Waals surface area contributed by atoms with Gasteiger partial charge in [0.25, 0.3) is 5.91 Å². The quantitative estimate of drug-likeness (QED) is 0.0755. The SMILES string of the molecule is O=C1Cc2cccc(Oc3cccc(CCOCCN4CCN(Cc5ccc(-c6cn(C7CCC(O)CC7)c7nc(NCCC(F)(F)F)ncc67)cc5)CC4)c3)c2C(=O)N1. The van der Waals surface area contributed by atoms with Crippen LogP contribution in [-0.2, 0) is 28.9 Å². The van der Waals surface area contributed by atoms with E-state index in [1.807, 2.05) is 24.3 Å². The first-order chi connectivity index (χ1) is 29.0. The summed E-state index contributed by atoms with van der Waals surface area (Å²) in [6.07, 6.45) is 2.09. The molecular weight excluding hydrogens is 776 g/mol. The van der Waals surface area contributed by atoms with Crippen LogP contribution in [0, 0.1) is 0 Å². The molecule has 316 valence electrons. The van der Waals surface area contributed by atoms with Crippen molar-refractivity contribution in [1.29, 1.82) is 0 Å². The number of halogens is 3. The van der Waals surface area contributed by atoms with Crippen LogP contribution >= 0.6 is 0 Å². The molecule has 2 aliphatic heterocycles. The topological polar surface area (TPSA) is 134 Å². The Labute approximate surface area is 346 Å². The predicted molar refractivity (Wildman–Crippen MR) is 221 cm³/mol. The number of hydrogen-bond acceptors (Lipinski definition) is 10. The second-order valence-corrected chi connectivity index (χ2v) is 15.9. The Bertz CT molecular complexity index is 2280. The van der Waals surface area contributed by atoms with Crippen molar-refractivity contribution in [3.05, 3.63) is 101 Å². The molecule has 0 spiro atoms. The van der Waals surface area contributed by atoms with Gasteiger partial charge in [0.1, 0.15) is 17.1 Å². The zero-order chi connectivity index (χ0) is 41.6. The van der Waals surface area contributed by atoms with Gasteiger partial charge in [0.2, 0.25) is 11.9 Å². The number of aliphatic hydroxyl groups is 1. The van der Waals surface area contributed by atoms with Gasteiger partial charge in [0.15, 0.2) is 0 Å². The minimum atomic E-state index is -4.26. The third-order valence-corrected chi connectivity index (χ3v) is 11.6. The lowest BCUT2D eigenvalue weighted by atomic mass is 9.93. The monoisotopic (exact) mass is 825 g/mol. The van der Waals surface area contributed by atoms with Crippen LogP contribution in [0.2, 0.25) is 0 Å². The number of rotatable bonds is 15. The fourth-order valence-corrected chi connectivity index (χ4v) is 8.34. The Morgan fingerprint density at radius 2 is 1.67 bits per heavy atom. The third kappa shape index (κ3) is 10.3. The highest BCUT2D eigenvalue weighted by molar-refractivity contribution is 6.11. The number of aliphatic hydroxyl groups excluding tert-OH is 1. The van der Waals surface area contributed by atoms with E-state index in [4.69, 9.17) is 9.47 Å². The summed E-state index contributed by atoms with van der Waals surface area (Å²) in [6, 6.07) is 21.7. The molecule has 0 unspecified atom stereocenters. The molecule has 2 amide bonds. The maximum Gasteiger partial charge on any atom is 0.390 e. The van der Waals surface area contributed by atoms with Gasteiger partial charge < -0.3 is 24.5 Å². The van der Waals surface area contributed by atoms with E-state index in [2.05, 4.69) is 65.4 Å². The van der Waals surface area contributed by atoms with Crippen LogP contribution in [0.15, 0.2) is 79.1 Å².